The lowest BCUT2D eigenvalue weighted by Crippen LogP contribution is -2.17. The number of nitrogens with zero attached hydrogens (tertiary/aromatic N) is 2. The molecule has 0 aliphatic rings. The van der Waals surface area contributed by atoms with Gasteiger partial charge in [-0.3, -0.25) is 4.79 Å². The first kappa shape index (κ1) is 16.2. The molecule has 0 bridgehead atoms. The van der Waals surface area contributed by atoms with Crippen LogP contribution in [0.15, 0.2) is 47.2 Å². The second-order valence-corrected chi connectivity index (χ2v) is 6.29. The fraction of sp³-hybridized carbons (Fsp3) is 0.118. The molecule has 6 nitrogen and oxygen atoms in total. The van der Waals surface area contributed by atoms with Crippen molar-refractivity contribution in [1.82, 2.24) is 9.38 Å². The molecule has 0 radical (unpaired) electrons. The molecule has 0 saturated heterocycles. The van der Waals surface area contributed by atoms with Crippen molar-refractivity contribution >= 4 is 39.1 Å². The number of pyridine rings is 1. The number of carbonyl (C=O) groups excluding carboxylic acids is 1. The van der Waals surface area contributed by atoms with Gasteiger partial charge in [-0.15, -0.1) is 0 Å². The lowest BCUT2D eigenvalue weighted by Gasteiger charge is -2.08. The maximum atomic E-state index is 12.2. The summed E-state index contributed by atoms with van der Waals surface area (Å²) >= 11 is 3.22. The molecule has 1 aromatic carbocycles. The number of carboxylic acids is 1. The summed E-state index contributed by atoms with van der Waals surface area (Å²) in [5.41, 5.74) is 2.73. The third-order valence-corrected chi connectivity index (χ3v) is 4.05. The van der Waals surface area contributed by atoms with Crippen molar-refractivity contribution in [3.05, 3.63) is 64.0 Å². The van der Waals surface area contributed by atoms with Crippen LogP contribution in [0.4, 0.5) is 5.69 Å². The van der Waals surface area contributed by atoms with E-state index in [4.69, 9.17) is 0 Å². The number of benzene rings is 1. The molecule has 1 amide bonds. The zero-order valence-corrected chi connectivity index (χ0v) is 14.4. The maximum absolute atomic E-state index is 12.2. The fourth-order valence-corrected chi connectivity index (χ4v) is 2.81. The fourth-order valence-electron chi connectivity index (χ4n) is 2.45. The minimum Gasteiger partial charge on any atom is -0.478 e. The summed E-state index contributed by atoms with van der Waals surface area (Å²) in [7, 11) is 0. The Balaban J connectivity index is 1.80. The quantitative estimate of drug-likeness (QED) is 0.719. The topological polar surface area (TPSA) is 83.7 Å². The molecule has 122 valence electrons. The molecule has 2 heterocycles. The van der Waals surface area contributed by atoms with E-state index in [9.17, 15) is 14.7 Å². The van der Waals surface area contributed by atoms with E-state index < -0.39 is 5.97 Å². The van der Waals surface area contributed by atoms with E-state index in [0.29, 0.717) is 10.2 Å². The van der Waals surface area contributed by atoms with Gasteiger partial charge in [-0.25, -0.2) is 9.78 Å². The highest BCUT2D eigenvalue weighted by Gasteiger charge is 2.14. The minimum absolute atomic E-state index is 0.0311. The molecule has 3 rings (SSSR count). The molecular weight excluding hydrogens is 374 g/mol. The second kappa shape index (κ2) is 6.45. The molecule has 0 fully saturated rings. The first-order valence-corrected chi connectivity index (χ1v) is 7.99. The highest BCUT2D eigenvalue weighted by Crippen LogP contribution is 2.21. The number of aromatic carboxylic acids is 1. The molecule has 0 atom stereocenters. The van der Waals surface area contributed by atoms with Crippen molar-refractivity contribution in [2.45, 2.75) is 13.3 Å². The number of amides is 1. The molecule has 0 saturated carbocycles. The van der Waals surface area contributed by atoms with Crippen LogP contribution in [0.2, 0.25) is 0 Å². The molecule has 2 N–H and O–H groups in total. The Morgan fingerprint density at radius 1 is 1.33 bits per heavy atom. The van der Waals surface area contributed by atoms with Crippen LogP contribution >= 0.6 is 15.9 Å². The number of aryl methyl sites for hydroxylation is 1. The second-order valence-electron chi connectivity index (χ2n) is 5.37. The number of hydrogen-bond acceptors (Lipinski definition) is 3. The Kier molecular flexibility index (Phi) is 4.35. The molecule has 3 aromatic rings. The molecule has 0 aliphatic heterocycles. The van der Waals surface area contributed by atoms with Gasteiger partial charge < -0.3 is 14.8 Å². The van der Waals surface area contributed by atoms with Crippen molar-refractivity contribution in [2.75, 3.05) is 5.32 Å². The van der Waals surface area contributed by atoms with Gasteiger partial charge in [-0.05, 0) is 36.8 Å². The number of hydrogen-bond donors (Lipinski definition) is 2. The molecule has 7 heteroatoms. The van der Waals surface area contributed by atoms with Crippen molar-refractivity contribution in [3.63, 3.8) is 0 Å². The SMILES string of the molecule is Cc1cccn2cc(CC(=O)Nc3ccc(Br)cc3C(=O)O)nc12. The normalized spacial score (nSPS) is 10.8. The van der Waals surface area contributed by atoms with E-state index in [2.05, 4.69) is 26.2 Å². The summed E-state index contributed by atoms with van der Waals surface area (Å²) in [6, 6.07) is 8.55. The largest absolute Gasteiger partial charge is 0.478 e. The number of aromatic nitrogens is 2. The van der Waals surface area contributed by atoms with Crippen molar-refractivity contribution in [1.29, 1.82) is 0 Å². The average molecular weight is 388 g/mol. The van der Waals surface area contributed by atoms with Gasteiger partial charge in [0.1, 0.15) is 5.65 Å². The highest BCUT2D eigenvalue weighted by atomic mass is 79.9. The van der Waals surface area contributed by atoms with E-state index in [1.54, 1.807) is 18.3 Å². The molecular formula is C17H14BrN3O3. The summed E-state index contributed by atoms with van der Waals surface area (Å²) in [4.78, 5) is 28.0. The van der Waals surface area contributed by atoms with Crippen molar-refractivity contribution in [2.24, 2.45) is 0 Å². The number of carbonyl (C=O) groups is 2. The van der Waals surface area contributed by atoms with Crippen LogP contribution in [-0.2, 0) is 11.2 Å². The van der Waals surface area contributed by atoms with Crippen LogP contribution in [0.1, 0.15) is 21.6 Å². The van der Waals surface area contributed by atoms with Gasteiger partial charge in [-0.1, -0.05) is 22.0 Å². The van der Waals surface area contributed by atoms with Gasteiger partial charge >= 0.3 is 5.97 Å². The van der Waals surface area contributed by atoms with Gasteiger partial charge in [0.25, 0.3) is 0 Å². The number of imidazole rings is 1. The average Bonchev–Trinajstić information content (AvgIpc) is 2.92. The van der Waals surface area contributed by atoms with Crippen molar-refractivity contribution < 1.29 is 14.7 Å². The van der Waals surface area contributed by atoms with Crippen LogP contribution in [0.5, 0.6) is 0 Å². The van der Waals surface area contributed by atoms with E-state index in [-0.39, 0.29) is 23.6 Å². The van der Waals surface area contributed by atoms with Gasteiger partial charge in [0.15, 0.2) is 0 Å². The number of anilines is 1. The first-order chi connectivity index (χ1) is 11.4. The smallest absolute Gasteiger partial charge is 0.337 e. The maximum Gasteiger partial charge on any atom is 0.337 e. The summed E-state index contributed by atoms with van der Waals surface area (Å²) in [5.74, 6) is -1.42. The lowest BCUT2D eigenvalue weighted by atomic mass is 10.1. The van der Waals surface area contributed by atoms with Gasteiger partial charge in [-0.2, -0.15) is 0 Å². The molecule has 0 spiro atoms. The van der Waals surface area contributed by atoms with Gasteiger partial charge in [0.2, 0.25) is 5.91 Å². The number of carboxylic acid groups (broad SMARTS) is 1. The van der Waals surface area contributed by atoms with Crippen LogP contribution in [0.3, 0.4) is 0 Å². The van der Waals surface area contributed by atoms with E-state index >= 15 is 0 Å². The molecule has 24 heavy (non-hydrogen) atoms. The van der Waals surface area contributed by atoms with Crippen LogP contribution < -0.4 is 5.32 Å². The Labute approximate surface area is 146 Å². The number of fused-ring (bicyclic) bond motifs is 1. The van der Waals surface area contributed by atoms with Gasteiger partial charge in [0.05, 0.1) is 23.4 Å². The van der Waals surface area contributed by atoms with Crippen molar-refractivity contribution in [3.8, 4) is 0 Å². The summed E-state index contributed by atoms with van der Waals surface area (Å²) in [6.07, 6.45) is 3.73. The molecule has 0 aliphatic carbocycles. The summed E-state index contributed by atoms with van der Waals surface area (Å²) < 4.78 is 2.49. The third-order valence-electron chi connectivity index (χ3n) is 3.56. The molecule has 0 unspecified atom stereocenters. The highest BCUT2D eigenvalue weighted by molar-refractivity contribution is 9.10. The molecule has 2 aromatic heterocycles. The number of rotatable bonds is 4. The number of nitrogens with one attached hydrogen (secondary N) is 1. The van der Waals surface area contributed by atoms with Gasteiger partial charge in [0, 0.05) is 16.9 Å². The van der Waals surface area contributed by atoms with E-state index in [1.807, 2.05) is 29.7 Å². The Bertz CT molecular complexity index is 949. The summed E-state index contributed by atoms with van der Waals surface area (Å²) in [5, 5.41) is 11.9. The zero-order valence-electron chi connectivity index (χ0n) is 12.8. The Hall–Kier alpha value is -2.67. The predicted molar refractivity (Wildman–Crippen MR) is 93.4 cm³/mol. The predicted octanol–water partition coefficient (Wildman–Crippen LogP) is 3.28. The van der Waals surface area contributed by atoms with E-state index in [0.717, 1.165) is 11.2 Å². The van der Waals surface area contributed by atoms with Crippen LogP contribution in [0.25, 0.3) is 5.65 Å². The first-order valence-electron chi connectivity index (χ1n) is 7.20. The zero-order chi connectivity index (χ0) is 17.3. The minimum atomic E-state index is -1.10. The standard InChI is InChI=1S/C17H14BrN3O3/c1-10-3-2-6-21-9-12(19-16(10)21)8-15(22)20-14-5-4-11(18)7-13(14)17(23)24/h2-7,9H,8H2,1H3,(H,20,22)(H,23,24). The number of halogens is 1. The lowest BCUT2D eigenvalue weighted by molar-refractivity contribution is -0.115. The Morgan fingerprint density at radius 2 is 2.12 bits per heavy atom. The van der Waals surface area contributed by atoms with Crippen LogP contribution in [-0.4, -0.2) is 26.4 Å². The van der Waals surface area contributed by atoms with E-state index in [1.165, 1.54) is 6.07 Å². The third kappa shape index (κ3) is 3.30. The summed E-state index contributed by atoms with van der Waals surface area (Å²) in [6.45, 7) is 1.95. The monoisotopic (exact) mass is 387 g/mol. The Morgan fingerprint density at radius 3 is 2.83 bits per heavy atom. The van der Waals surface area contributed by atoms with Crippen LogP contribution in [0, 0.1) is 6.92 Å².